The van der Waals surface area contributed by atoms with Crippen LogP contribution < -0.4 is 16.4 Å². The standard InChI is InChI=1S/C26H37N5O3.C2H6/c1-8-14-10-15(22(32)30-18(14)9-2)11-16(12-27)29-23(33)20-19-17(26(19,6)7)13-31(20)24(34)21(28)25(3,4)5;1-2/h8-9,15-17,19-21H,1-2,10-11,13,28H2,3-7H3,(H,29,33)(H,30,32);1-2H3. The first kappa shape index (κ1) is 29.3. The lowest BCUT2D eigenvalue weighted by molar-refractivity contribution is -0.143. The zero-order chi connectivity index (χ0) is 27.6. The molecule has 8 nitrogen and oxygen atoms in total. The molecule has 0 spiro atoms. The second kappa shape index (κ2) is 11.0. The van der Waals surface area contributed by atoms with Crippen LogP contribution in [-0.4, -0.2) is 47.3 Å². The number of likely N-dealkylation sites (tertiary alicyclic amines) is 1. The Morgan fingerprint density at radius 2 is 1.92 bits per heavy atom. The molecule has 8 heteroatoms. The highest BCUT2D eigenvalue weighted by molar-refractivity contribution is 5.92. The average Bonchev–Trinajstić information content (AvgIpc) is 3.17. The lowest BCUT2D eigenvalue weighted by atomic mass is 9.86. The van der Waals surface area contributed by atoms with Gasteiger partial charge in [0.25, 0.3) is 0 Å². The SMILES string of the molecule is C=CC1=C(C=C)NC(=O)C(CC(C#N)NC(=O)C2C3C(CN2C(=O)C(N)C(C)(C)C)C3(C)C)C1.CC. The molecule has 3 amide bonds. The number of nitrogens with one attached hydrogen (secondary N) is 2. The normalized spacial score (nSPS) is 27.9. The molecule has 0 radical (unpaired) electrons. The fourth-order valence-electron chi connectivity index (χ4n) is 5.40. The monoisotopic (exact) mass is 497 g/mol. The molecule has 0 aromatic rings. The number of carbonyl (C=O) groups excluding carboxylic acids is 3. The molecular formula is C28H43N5O3. The first-order valence-electron chi connectivity index (χ1n) is 12.8. The van der Waals surface area contributed by atoms with Gasteiger partial charge >= 0.3 is 0 Å². The van der Waals surface area contributed by atoms with Crippen molar-refractivity contribution in [1.82, 2.24) is 15.5 Å². The minimum Gasteiger partial charge on any atom is -0.339 e. The van der Waals surface area contributed by atoms with Crippen LogP contribution in [0.25, 0.3) is 0 Å². The van der Waals surface area contributed by atoms with Crippen molar-refractivity contribution in [2.45, 2.75) is 79.4 Å². The van der Waals surface area contributed by atoms with Crippen molar-refractivity contribution in [3.05, 3.63) is 36.6 Å². The van der Waals surface area contributed by atoms with Gasteiger partial charge in [-0.05, 0) is 47.2 Å². The zero-order valence-corrected chi connectivity index (χ0v) is 22.9. The summed E-state index contributed by atoms with van der Waals surface area (Å²) < 4.78 is 0. The summed E-state index contributed by atoms with van der Waals surface area (Å²) in [5.74, 6) is -1.06. The fourth-order valence-corrected chi connectivity index (χ4v) is 5.40. The van der Waals surface area contributed by atoms with E-state index in [1.807, 2.05) is 34.6 Å². The lowest BCUT2D eigenvalue weighted by Crippen LogP contribution is -2.58. The molecule has 3 aliphatic rings. The first-order chi connectivity index (χ1) is 16.8. The highest BCUT2D eigenvalue weighted by atomic mass is 16.2. The van der Waals surface area contributed by atoms with E-state index in [4.69, 9.17) is 5.73 Å². The maximum atomic E-state index is 13.4. The van der Waals surface area contributed by atoms with Gasteiger partial charge in [0.15, 0.2) is 0 Å². The Bertz CT molecular complexity index is 984. The summed E-state index contributed by atoms with van der Waals surface area (Å²) in [4.78, 5) is 40.8. The Morgan fingerprint density at radius 3 is 2.42 bits per heavy atom. The number of rotatable bonds is 7. The van der Waals surface area contributed by atoms with Gasteiger partial charge in [0.05, 0.1) is 12.1 Å². The molecule has 198 valence electrons. The molecule has 0 aromatic heterocycles. The third-order valence-electron chi connectivity index (χ3n) is 7.84. The van der Waals surface area contributed by atoms with Gasteiger partial charge in [0, 0.05) is 18.2 Å². The Morgan fingerprint density at radius 1 is 1.31 bits per heavy atom. The highest BCUT2D eigenvalue weighted by Crippen LogP contribution is 2.65. The van der Waals surface area contributed by atoms with E-state index in [-0.39, 0.29) is 41.4 Å². The number of nitrogens with zero attached hydrogens (tertiary/aromatic N) is 2. The number of hydrogen-bond acceptors (Lipinski definition) is 5. The lowest BCUT2D eigenvalue weighted by Gasteiger charge is -2.36. The summed E-state index contributed by atoms with van der Waals surface area (Å²) >= 11 is 0. The van der Waals surface area contributed by atoms with Gasteiger partial charge < -0.3 is 21.3 Å². The van der Waals surface area contributed by atoms with E-state index in [1.165, 1.54) is 0 Å². The molecule has 1 aliphatic carbocycles. The van der Waals surface area contributed by atoms with Crippen molar-refractivity contribution < 1.29 is 14.4 Å². The van der Waals surface area contributed by atoms with Gasteiger partial charge in [-0.2, -0.15) is 5.26 Å². The van der Waals surface area contributed by atoms with Crippen molar-refractivity contribution in [1.29, 1.82) is 5.26 Å². The van der Waals surface area contributed by atoms with Gasteiger partial charge in [-0.3, -0.25) is 14.4 Å². The summed E-state index contributed by atoms with van der Waals surface area (Å²) in [6.45, 7) is 21.9. The highest BCUT2D eigenvalue weighted by Gasteiger charge is 2.69. The van der Waals surface area contributed by atoms with Gasteiger partial charge in [0.2, 0.25) is 17.7 Å². The molecule has 6 atom stereocenters. The topological polar surface area (TPSA) is 128 Å². The Labute approximate surface area is 216 Å². The van der Waals surface area contributed by atoms with Crippen molar-refractivity contribution in [2.24, 2.45) is 34.3 Å². The van der Waals surface area contributed by atoms with Gasteiger partial charge in [-0.15, -0.1) is 0 Å². The number of amides is 3. The number of fused-ring (bicyclic) bond motifs is 1. The average molecular weight is 498 g/mol. The minimum atomic E-state index is -0.867. The molecule has 2 heterocycles. The van der Waals surface area contributed by atoms with Crippen molar-refractivity contribution in [2.75, 3.05) is 6.54 Å². The van der Waals surface area contributed by atoms with Crippen LogP contribution in [0.3, 0.4) is 0 Å². The second-order valence-electron chi connectivity index (χ2n) is 11.4. The third-order valence-corrected chi connectivity index (χ3v) is 7.84. The van der Waals surface area contributed by atoms with E-state index in [0.29, 0.717) is 18.7 Å². The van der Waals surface area contributed by atoms with E-state index in [1.54, 1.807) is 17.1 Å². The molecule has 2 fully saturated rings. The first-order valence-corrected chi connectivity index (χ1v) is 12.8. The number of nitriles is 1. The van der Waals surface area contributed by atoms with Crippen molar-refractivity contribution >= 4 is 17.7 Å². The van der Waals surface area contributed by atoms with Crippen LogP contribution in [0.2, 0.25) is 0 Å². The third kappa shape index (κ3) is 5.57. The van der Waals surface area contributed by atoms with E-state index in [2.05, 4.69) is 43.7 Å². The predicted molar refractivity (Wildman–Crippen MR) is 141 cm³/mol. The van der Waals surface area contributed by atoms with E-state index in [0.717, 1.165) is 5.57 Å². The molecule has 4 N–H and O–H groups in total. The fraction of sp³-hybridized carbons (Fsp3) is 0.643. The molecular weight excluding hydrogens is 454 g/mol. The van der Waals surface area contributed by atoms with Crippen LogP contribution in [0.5, 0.6) is 0 Å². The molecule has 0 bridgehead atoms. The second-order valence-corrected chi connectivity index (χ2v) is 11.4. The summed E-state index contributed by atoms with van der Waals surface area (Å²) in [6.07, 6.45) is 3.81. The Balaban J connectivity index is 0.00000222. The summed E-state index contributed by atoms with van der Waals surface area (Å²) in [5, 5.41) is 15.4. The molecule has 6 unspecified atom stereocenters. The summed E-state index contributed by atoms with van der Waals surface area (Å²) in [5.41, 5.74) is 7.20. The Hall–Kier alpha value is -2.92. The smallest absolute Gasteiger partial charge is 0.244 e. The quantitative estimate of drug-likeness (QED) is 0.498. The molecule has 0 aromatic carbocycles. The van der Waals surface area contributed by atoms with Gasteiger partial charge in [0.1, 0.15) is 12.1 Å². The zero-order valence-electron chi connectivity index (χ0n) is 22.9. The van der Waals surface area contributed by atoms with Crippen molar-refractivity contribution in [3.8, 4) is 6.07 Å². The van der Waals surface area contributed by atoms with Crippen LogP contribution in [0.15, 0.2) is 36.6 Å². The number of hydrogen-bond donors (Lipinski definition) is 3. The molecule has 2 aliphatic heterocycles. The molecule has 1 saturated carbocycles. The molecule has 3 rings (SSSR count). The summed E-state index contributed by atoms with van der Waals surface area (Å²) in [7, 11) is 0. The number of carbonyl (C=O) groups is 3. The van der Waals surface area contributed by atoms with Gasteiger partial charge in [-0.25, -0.2) is 0 Å². The van der Waals surface area contributed by atoms with Crippen LogP contribution in [-0.2, 0) is 14.4 Å². The van der Waals surface area contributed by atoms with Crippen LogP contribution >= 0.6 is 0 Å². The van der Waals surface area contributed by atoms with E-state index >= 15 is 0 Å². The molecule has 1 saturated heterocycles. The summed E-state index contributed by atoms with van der Waals surface area (Å²) in [6, 6.07) is -0.152. The van der Waals surface area contributed by atoms with Crippen LogP contribution in [0.4, 0.5) is 0 Å². The van der Waals surface area contributed by atoms with Crippen molar-refractivity contribution in [3.63, 3.8) is 0 Å². The largest absolute Gasteiger partial charge is 0.339 e. The predicted octanol–water partition coefficient (Wildman–Crippen LogP) is 3.03. The maximum Gasteiger partial charge on any atom is 0.244 e. The van der Waals surface area contributed by atoms with E-state index in [9.17, 15) is 19.6 Å². The number of nitrogens with two attached hydrogens (primary N) is 1. The number of allylic oxidation sites excluding steroid dienone is 3. The van der Waals surface area contributed by atoms with Gasteiger partial charge in [-0.1, -0.05) is 67.7 Å². The minimum absolute atomic E-state index is 0.0198. The maximum absolute atomic E-state index is 13.4. The Kier molecular flexibility index (Phi) is 8.96. The van der Waals surface area contributed by atoms with E-state index < -0.39 is 29.5 Å². The molecule has 36 heavy (non-hydrogen) atoms. The van der Waals surface area contributed by atoms with Crippen LogP contribution in [0.1, 0.15) is 61.3 Å². The van der Waals surface area contributed by atoms with Crippen LogP contribution in [0, 0.1) is 39.9 Å². The number of piperidine rings is 1.